The number of rotatable bonds is 6. The van der Waals surface area contributed by atoms with Gasteiger partial charge in [0.1, 0.15) is 0 Å². The average Bonchev–Trinajstić information content (AvgIpc) is 2.59. The number of halogens is 1. The van der Waals surface area contributed by atoms with Crippen molar-refractivity contribution < 1.29 is 14.8 Å². The third-order valence-corrected chi connectivity index (χ3v) is 4.42. The van der Waals surface area contributed by atoms with Crippen molar-refractivity contribution >= 4 is 35.0 Å². The van der Waals surface area contributed by atoms with Gasteiger partial charge in [0.15, 0.2) is 0 Å². The maximum Gasteiger partial charge on any atom is 0.270 e. The number of non-ortho nitro benzene ring substituents is 1. The van der Waals surface area contributed by atoms with E-state index < -0.39 is 16.9 Å². The molecule has 0 saturated heterocycles. The first kappa shape index (κ1) is 18.3. The quantitative estimate of drug-likeness (QED) is 0.464. The highest BCUT2D eigenvalue weighted by atomic mass is 35.5. The van der Waals surface area contributed by atoms with Crippen LogP contribution in [0.25, 0.3) is 0 Å². The summed E-state index contributed by atoms with van der Waals surface area (Å²) in [6.07, 6.45) is 1.10. The summed E-state index contributed by atoms with van der Waals surface area (Å²) in [5.41, 5.74) is 0.612. The fourth-order valence-electron chi connectivity index (χ4n) is 2.03. The van der Waals surface area contributed by atoms with Gasteiger partial charge < -0.3 is 10.4 Å². The maximum absolute atomic E-state index is 12.1. The Morgan fingerprint density at radius 2 is 2.00 bits per heavy atom. The van der Waals surface area contributed by atoms with Crippen LogP contribution in [0.3, 0.4) is 0 Å². The first-order valence-electron chi connectivity index (χ1n) is 6.96. The molecule has 6 nitrogen and oxygen atoms in total. The molecule has 2 aromatic carbocycles. The van der Waals surface area contributed by atoms with Crippen LogP contribution in [0.2, 0.25) is 5.02 Å². The lowest BCUT2D eigenvalue weighted by atomic mass is 10.1. The normalized spacial score (nSPS) is 11.8. The number of aliphatic hydroxyl groups excluding tert-OH is 1. The van der Waals surface area contributed by atoms with Gasteiger partial charge in [-0.15, -0.1) is 11.8 Å². The van der Waals surface area contributed by atoms with Gasteiger partial charge in [0.2, 0.25) is 0 Å². The van der Waals surface area contributed by atoms with Gasteiger partial charge in [-0.25, -0.2) is 0 Å². The molecule has 8 heteroatoms. The standard InChI is InChI=1S/C16H15ClN2O4S/c1-24-12-5-2-10(3-6-12)15(20)9-18-16(21)13-7-4-11(19(22)23)8-14(13)17/h2-8,15,20H,9H2,1H3,(H,18,21). The number of hydrogen-bond acceptors (Lipinski definition) is 5. The van der Waals surface area contributed by atoms with Crippen molar-refractivity contribution in [2.75, 3.05) is 12.8 Å². The lowest BCUT2D eigenvalue weighted by Crippen LogP contribution is -2.28. The van der Waals surface area contributed by atoms with Crippen LogP contribution in [0.5, 0.6) is 0 Å². The number of thioether (sulfide) groups is 1. The van der Waals surface area contributed by atoms with Gasteiger partial charge in [-0.05, 0) is 30.0 Å². The van der Waals surface area contributed by atoms with E-state index in [0.29, 0.717) is 5.56 Å². The molecule has 2 N–H and O–H groups in total. The van der Waals surface area contributed by atoms with Gasteiger partial charge in [0.25, 0.3) is 11.6 Å². The van der Waals surface area contributed by atoms with Gasteiger partial charge in [0.05, 0.1) is 21.6 Å². The Bertz CT molecular complexity index is 752. The van der Waals surface area contributed by atoms with Crippen LogP contribution in [-0.2, 0) is 0 Å². The fourth-order valence-corrected chi connectivity index (χ4v) is 2.70. The number of nitro benzene ring substituents is 1. The van der Waals surface area contributed by atoms with Crippen molar-refractivity contribution in [1.82, 2.24) is 5.32 Å². The highest BCUT2D eigenvalue weighted by molar-refractivity contribution is 7.98. The predicted octanol–water partition coefficient (Wildman–Crippen LogP) is 3.43. The topological polar surface area (TPSA) is 92.5 Å². The van der Waals surface area contributed by atoms with Crippen LogP contribution in [0, 0.1) is 10.1 Å². The fraction of sp³-hybridized carbons (Fsp3) is 0.188. The zero-order valence-corrected chi connectivity index (χ0v) is 14.3. The Morgan fingerprint density at radius 3 is 2.54 bits per heavy atom. The summed E-state index contributed by atoms with van der Waals surface area (Å²) >= 11 is 7.50. The van der Waals surface area contributed by atoms with Crippen molar-refractivity contribution in [2.45, 2.75) is 11.0 Å². The number of carbonyl (C=O) groups excluding carboxylic acids is 1. The molecule has 126 valence electrons. The summed E-state index contributed by atoms with van der Waals surface area (Å²) in [6, 6.07) is 11.0. The third-order valence-electron chi connectivity index (χ3n) is 3.36. The summed E-state index contributed by atoms with van der Waals surface area (Å²) in [5, 5.41) is 23.3. The SMILES string of the molecule is CSc1ccc(C(O)CNC(=O)c2ccc([N+](=O)[O-])cc2Cl)cc1. The zero-order valence-electron chi connectivity index (χ0n) is 12.7. The second-order valence-electron chi connectivity index (χ2n) is 4.92. The summed E-state index contributed by atoms with van der Waals surface area (Å²) in [7, 11) is 0. The zero-order chi connectivity index (χ0) is 17.7. The molecule has 0 aliphatic heterocycles. The number of nitro groups is 1. The number of benzene rings is 2. The highest BCUT2D eigenvalue weighted by Gasteiger charge is 2.16. The smallest absolute Gasteiger partial charge is 0.270 e. The number of aliphatic hydroxyl groups is 1. The highest BCUT2D eigenvalue weighted by Crippen LogP contribution is 2.23. The minimum absolute atomic E-state index is 0.00473. The van der Waals surface area contributed by atoms with E-state index in [2.05, 4.69) is 5.32 Å². The van der Waals surface area contributed by atoms with Crippen molar-refractivity contribution in [3.8, 4) is 0 Å². The van der Waals surface area contributed by atoms with Gasteiger partial charge in [-0.1, -0.05) is 23.7 Å². The maximum atomic E-state index is 12.1. The van der Waals surface area contributed by atoms with Crippen LogP contribution in [0.15, 0.2) is 47.4 Å². The Labute approximate surface area is 148 Å². The number of nitrogens with one attached hydrogen (secondary N) is 1. The molecule has 2 rings (SSSR count). The van der Waals surface area contributed by atoms with Gasteiger partial charge in [-0.3, -0.25) is 14.9 Å². The summed E-state index contributed by atoms with van der Waals surface area (Å²) in [6.45, 7) is 0.00473. The minimum Gasteiger partial charge on any atom is -0.387 e. The van der Waals surface area contributed by atoms with E-state index >= 15 is 0 Å². The molecule has 0 aliphatic carbocycles. The monoisotopic (exact) mass is 366 g/mol. The van der Waals surface area contributed by atoms with Gasteiger partial charge in [0, 0.05) is 23.6 Å². The molecule has 0 aromatic heterocycles. The molecule has 0 spiro atoms. The molecule has 0 bridgehead atoms. The average molecular weight is 367 g/mol. The molecule has 2 aromatic rings. The third kappa shape index (κ3) is 4.47. The predicted molar refractivity (Wildman–Crippen MR) is 93.6 cm³/mol. The first-order chi connectivity index (χ1) is 11.4. The number of hydrogen-bond donors (Lipinski definition) is 2. The molecule has 1 amide bonds. The van der Waals surface area contributed by atoms with E-state index in [1.807, 2.05) is 18.4 Å². The molecule has 1 unspecified atom stereocenters. The minimum atomic E-state index is -0.860. The molecule has 1 atom stereocenters. The lowest BCUT2D eigenvalue weighted by Gasteiger charge is -2.13. The second-order valence-corrected chi connectivity index (χ2v) is 6.21. The summed E-state index contributed by atoms with van der Waals surface area (Å²) in [5.74, 6) is -0.505. The van der Waals surface area contributed by atoms with Crippen molar-refractivity contribution in [2.24, 2.45) is 0 Å². The molecule has 0 radical (unpaired) electrons. The van der Waals surface area contributed by atoms with Crippen LogP contribution >= 0.6 is 23.4 Å². The lowest BCUT2D eigenvalue weighted by molar-refractivity contribution is -0.384. The van der Waals surface area contributed by atoms with E-state index in [4.69, 9.17) is 11.6 Å². The van der Waals surface area contributed by atoms with E-state index in [0.717, 1.165) is 11.0 Å². The van der Waals surface area contributed by atoms with Crippen LogP contribution in [0.1, 0.15) is 22.0 Å². The second kappa shape index (κ2) is 8.14. The van der Waals surface area contributed by atoms with Crippen LogP contribution < -0.4 is 5.32 Å². The van der Waals surface area contributed by atoms with Crippen molar-refractivity contribution in [3.05, 3.63) is 68.7 Å². The molecule has 0 fully saturated rings. The van der Waals surface area contributed by atoms with E-state index in [1.54, 1.807) is 23.9 Å². The Kier molecular flexibility index (Phi) is 6.19. The van der Waals surface area contributed by atoms with E-state index in [1.165, 1.54) is 12.1 Å². The number of carbonyl (C=O) groups is 1. The van der Waals surface area contributed by atoms with Gasteiger partial charge >= 0.3 is 0 Å². The molecule has 0 aliphatic rings. The van der Waals surface area contributed by atoms with Crippen LogP contribution in [0.4, 0.5) is 5.69 Å². The Balaban J connectivity index is 2.00. The molecule has 0 heterocycles. The molecular formula is C16H15ClN2O4S. The molecule has 0 saturated carbocycles. The number of nitrogens with zero attached hydrogens (tertiary/aromatic N) is 1. The van der Waals surface area contributed by atoms with Crippen LogP contribution in [-0.4, -0.2) is 28.7 Å². The Morgan fingerprint density at radius 1 is 1.33 bits per heavy atom. The first-order valence-corrected chi connectivity index (χ1v) is 8.57. The molecular weight excluding hydrogens is 352 g/mol. The van der Waals surface area contributed by atoms with E-state index in [9.17, 15) is 20.0 Å². The van der Waals surface area contributed by atoms with Crippen molar-refractivity contribution in [3.63, 3.8) is 0 Å². The summed E-state index contributed by atoms with van der Waals surface area (Å²) in [4.78, 5) is 23.3. The molecule has 24 heavy (non-hydrogen) atoms. The largest absolute Gasteiger partial charge is 0.387 e. The van der Waals surface area contributed by atoms with Gasteiger partial charge in [-0.2, -0.15) is 0 Å². The number of amides is 1. The van der Waals surface area contributed by atoms with Crippen molar-refractivity contribution in [1.29, 1.82) is 0 Å². The summed E-state index contributed by atoms with van der Waals surface area (Å²) < 4.78 is 0. The van der Waals surface area contributed by atoms with E-state index in [-0.39, 0.29) is 22.8 Å². The Hall–Kier alpha value is -2.09.